The van der Waals surface area contributed by atoms with Gasteiger partial charge < -0.3 is 10.2 Å². The topological polar surface area (TPSA) is 76.2 Å². The highest BCUT2D eigenvalue weighted by Crippen LogP contribution is 2.38. The molecule has 20 heavy (non-hydrogen) atoms. The van der Waals surface area contributed by atoms with Gasteiger partial charge in [-0.1, -0.05) is 13.8 Å². The first-order valence-electron chi connectivity index (χ1n) is 6.95. The second-order valence-corrected chi connectivity index (χ2v) is 6.23. The average molecular weight is 281 g/mol. The normalized spacial score (nSPS) is 18.6. The first kappa shape index (κ1) is 14.8. The molecule has 0 unspecified atom stereocenters. The van der Waals surface area contributed by atoms with Crippen molar-refractivity contribution in [2.75, 3.05) is 24.5 Å². The largest absolute Gasteiger partial charge is 0.343 e. The lowest BCUT2D eigenvalue weighted by atomic mass is 9.99. The van der Waals surface area contributed by atoms with Crippen LogP contribution >= 0.6 is 0 Å². The van der Waals surface area contributed by atoms with Crippen molar-refractivity contribution < 1.29 is 4.92 Å². The Bertz CT molecular complexity index is 521. The van der Waals surface area contributed by atoms with Gasteiger partial charge in [0.25, 0.3) is 0 Å². The monoisotopic (exact) mass is 281 g/mol. The van der Waals surface area contributed by atoms with Crippen LogP contribution in [-0.2, 0) is 7.05 Å². The van der Waals surface area contributed by atoms with E-state index in [4.69, 9.17) is 0 Å². The molecule has 0 amide bonds. The molecule has 0 spiro atoms. The third-order valence-corrected chi connectivity index (χ3v) is 3.80. The van der Waals surface area contributed by atoms with Gasteiger partial charge in [0, 0.05) is 38.1 Å². The highest BCUT2D eigenvalue weighted by atomic mass is 16.6. The van der Waals surface area contributed by atoms with Gasteiger partial charge in [-0.25, -0.2) is 4.68 Å². The molecule has 0 radical (unpaired) electrons. The molecular weight excluding hydrogens is 258 g/mol. The molecule has 112 valence electrons. The van der Waals surface area contributed by atoms with Crippen molar-refractivity contribution in [2.45, 2.75) is 39.2 Å². The van der Waals surface area contributed by atoms with E-state index < -0.39 is 0 Å². The highest BCUT2D eigenvalue weighted by Gasteiger charge is 2.39. The highest BCUT2D eigenvalue weighted by molar-refractivity contribution is 5.64. The summed E-state index contributed by atoms with van der Waals surface area (Å²) < 4.78 is 1.65. The lowest BCUT2D eigenvalue weighted by Gasteiger charge is -2.43. The first-order valence-corrected chi connectivity index (χ1v) is 6.95. The molecule has 1 aliphatic heterocycles. The van der Waals surface area contributed by atoms with Crippen molar-refractivity contribution in [3.8, 4) is 0 Å². The summed E-state index contributed by atoms with van der Waals surface area (Å²) in [5, 5.41) is 19.2. The fourth-order valence-electron chi connectivity index (χ4n) is 2.77. The number of aromatic nitrogens is 2. The first-order chi connectivity index (χ1) is 9.25. The third-order valence-electron chi connectivity index (χ3n) is 3.80. The standard InChI is InChI=1S/C13H23N5O2/c1-9(2)10-11(18(19)20)12(16(5)15-10)17-7-6-14-8-13(17,3)4/h9,14H,6-8H2,1-5H3. The molecule has 1 aromatic heterocycles. The summed E-state index contributed by atoms with van der Waals surface area (Å²) in [6, 6.07) is 0. The van der Waals surface area contributed by atoms with Crippen molar-refractivity contribution in [1.82, 2.24) is 15.1 Å². The number of nitrogens with one attached hydrogen (secondary N) is 1. The summed E-state index contributed by atoms with van der Waals surface area (Å²) in [7, 11) is 1.78. The number of anilines is 1. The maximum absolute atomic E-state index is 11.5. The van der Waals surface area contributed by atoms with Gasteiger partial charge in [-0.05, 0) is 13.8 Å². The van der Waals surface area contributed by atoms with E-state index in [-0.39, 0.29) is 22.1 Å². The summed E-state index contributed by atoms with van der Waals surface area (Å²) in [6.07, 6.45) is 0. The van der Waals surface area contributed by atoms with Gasteiger partial charge >= 0.3 is 5.69 Å². The molecule has 7 heteroatoms. The van der Waals surface area contributed by atoms with Crippen LogP contribution in [0.15, 0.2) is 0 Å². The number of rotatable bonds is 3. The molecule has 1 fully saturated rings. The van der Waals surface area contributed by atoms with E-state index in [9.17, 15) is 10.1 Å². The lowest BCUT2D eigenvalue weighted by Crippen LogP contribution is -2.58. The van der Waals surface area contributed by atoms with Crippen molar-refractivity contribution in [1.29, 1.82) is 0 Å². The van der Waals surface area contributed by atoms with Crippen LogP contribution in [0.25, 0.3) is 0 Å². The maximum atomic E-state index is 11.5. The zero-order chi connectivity index (χ0) is 15.1. The second-order valence-electron chi connectivity index (χ2n) is 6.23. The van der Waals surface area contributed by atoms with Gasteiger partial charge in [0.1, 0.15) is 5.69 Å². The number of nitro groups is 1. The SMILES string of the molecule is CC(C)c1nn(C)c(N2CCNCC2(C)C)c1[N+](=O)[O-]. The van der Waals surface area contributed by atoms with Crippen LogP contribution in [0.4, 0.5) is 11.5 Å². The van der Waals surface area contributed by atoms with Crippen LogP contribution in [0.5, 0.6) is 0 Å². The molecular formula is C13H23N5O2. The van der Waals surface area contributed by atoms with Crippen LogP contribution in [0.1, 0.15) is 39.3 Å². The molecule has 0 saturated carbocycles. The number of aryl methyl sites for hydroxylation is 1. The minimum atomic E-state index is -0.296. The minimum absolute atomic E-state index is 0.0291. The van der Waals surface area contributed by atoms with E-state index in [0.717, 1.165) is 19.6 Å². The summed E-state index contributed by atoms with van der Waals surface area (Å²) in [6.45, 7) is 10.4. The smallest absolute Gasteiger partial charge is 0.334 e. The Morgan fingerprint density at radius 1 is 1.45 bits per heavy atom. The predicted octanol–water partition coefficient (Wildman–Crippen LogP) is 1.64. The molecule has 7 nitrogen and oxygen atoms in total. The van der Waals surface area contributed by atoms with E-state index in [1.54, 1.807) is 11.7 Å². The Morgan fingerprint density at radius 3 is 2.60 bits per heavy atom. The van der Waals surface area contributed by atoms with Crippen molar-refractivity contribution in [3.05, 3.63) is 15.8 Å². The Kier molecular flexibility index (Phi) is 3.73. The molecule has 1 aliphatic rings. The summed E-state index contributed by atoms with van der Waals surface area (Å²) >= 11 is 0. The zero-order valence-corrected chi connectivity index (χ0v) is 12.8. The van der Waals surface area contributed by atoms with Gasteiger partial charge in [0.15, 0.2) is 0 Å². The Labute approximate surface area is 119 Å². The molecule has 0 atom stereocenters. The van der Waals surface area contributed by atoms with Crippen molar-refractivity contribution in [2.24, 2.45) is 7.05 Å². The lowest BCUT2D eigenvalue weighted by molar-refractivity contribution is -0.385. The average Bonchev–Trinajstić information content (AvgIpc) is 2.66. The zero-order valence-electron chi connectivity index (χ0n) is 12.8. The van der Waals surface area contributed by atoms with Gasteiger partial charge in [-0.15, -0.1) is 0 Å². The van der Waals surface area contributed by atoms with E-state index in [1.807, 2.05) is 13.8 Å². The molecule has 1 N–H and O–H groups in total. The van der Waals surface area contributed by atoms with Crippen LogP contribution in [-0.4, -0.2) is 39.9 Å². The molecule has 0 aromatic carbocycles. The second kappa shape index (κ2) is 5.05. The van der Waals surface area contributed by atoms with Crippen LogP contribution in [0, 0.1) is 10.1 Å². The molecule has 2 heterocycles. The molecule has 1 aromatic rings. The Morgan fingerprint density at radius 2 is 2.10 bits per heavy atom. The number of piperazine rings is 1. The fourth-order valence-corrected chi connectivity index (χ4v) is 2.77. The summed E-state index contributed by atoms with van der Waals surface area (Å²) in [4.78, 5) is 13.3. The number of nitrogens with zero attached hydrogens (tertiary/aromatic N) is 4. The Hall–Kier alpha value is -1.63. The minimum Gasteiger partial charge on any atom is -0.343 e. The van der Waals surface area contributed by atoms with Gasteiger partial charge in [0.2, 0.25) is 5.82 Å². The summed E-state index contributed by atoms with van der Waals surface area (Å²) in [5.74, 6) is 0.645. The van der Waals surface area contributed by atoms with Gasteiger partial charge in [0.05, 0.1) is 4.92 Å². The molecule has 0 bridgehead atoms. The van der Waals surface area contributed by atoms with Crippen LogP contribution in [0.3, 0.4) is 0 Å². The van der Waals surface area contributed by atoms with Crippen molar-refractivity contribution in [3.63, 3.8) is 0 Å². The quantitative estimate of drug-likeness (QED) is 0.673. The van der Waals surface area contributed by atoms with Crippen molar-refractivity contribution >= 4 is 11.5 Å². The Balaban J connectivity index is 2.58. The van der Waals surface area contributed by atoms with Gasteiger partial charge in [-0.2, -0.15) is 5.10 Å². The van der Waals surface area contributed by atoms with E-state index >= 15 is 0 Å². The van der Waals surface area contributed by atoms with Crippen LogP contribution < -0.4 is 10.2 Å². The van der Waals surface area contributed by atoms with E-state index in [1.165, 1.54) is 0 Å². The molecule has 2 rings (SSSR count). The fraction of sp³-hybridized carbons (Fsp3) is 0.769. The van der Waals surface area contributed by atoms with Gasteiger partial charge in [-0.3, -0.25) is 10.1 Å². The van der Waals surface area contributed by atoms with E-state index in [2.05, 4.69) is 29.2 Å². The third kappa shape index (κ3) is 2.37. The summed E-state index contributed by atoms with van der Waals surface area (Å²) in [5.41, 5.74) is 0.532. The number of hydrogen-bond donors (Lipinski definition) is 1. The molecule has 0 aliphatic carbocycles. The van der Waals surface area contributed by atoms with E-state index in [0.29, 0.717) is 11.5 Å². The molecule has 1 saturated heterocycles. The van der Waals surface area contributed by atoms with Crippen LogP contribution in [0.2, 0.25) is 0 Å². The number of hydrogen-bond acceptors (Lipinski definition) is 5. The predicted molar refractivity (Wildman–Crippen MR) is 78.2 cm³/mol. The maximum Gasteiger partial charge on any atom is 0.334 e.